The minimum Gasteiger partial charge on any atom is -0.493 e. The summed E-state index contributed by atoms with van der Waals surface area (Å²) in [7, 11) is 3.13. The van der Waals surface area contributed by atoms with Gasteiger partial charge in [-0.3, -0.25) is 4.79 Å². The average Bonchev–Trinajstić information content (AvgIpc) is 3.03. The molecule has 1 aliphatic rings. The zero-order chi connectivity index (χ0) is 21.8. The SMILES string of the molecule is COc1ccc(CC(=O)Nc2sc3c(c2C(=O)OC(C)C)CC[C@@H](C)C3)cc1OC. The molecule has 0 aliphatic heterocycles. The smallest absolute Gasteiger partial charge is 0.341 e. The van der Waals surface area contributed by atoms with Gasteiger partial charge in [-0.05, 0) is 62.3 Å². The van der Waals surface area contributed by atoms with Gasteiger partial charge >= 0.3 is 5.97 Å². The molecule has 7 heteroatoms. The number of ether oxygens (including phenoxy) is 3. The van der Waals surface area contributed by atoms with E-state index in [0.717, 1.165) is 30.4 Å². The van der Waals surface area contributed by atoms with Crippen molar-refractivity contribution in [3.05, 3.63) is 39.8 Å². The maximum Gasteiger partial charge on any atom is 0.341 e. The van der Waals surface area contributed by atoms with Crippen molar-refractivity contribution in [1.82, 2.24) is 0 Å². The lowest BCUT2D eigenvalue weighted by atomic mass is 9.88. The monoisotopic (exact) mass is 431 g/mol. The van der Waals surface area contributed by atoms with Crippen LogP contribution < -0.4 is 14.8 Å². The van der Waals surface area contributed by atoms with Gasteiger partial charge in [0, 0.05) is 4.88 Å². The molecule has 0 radical (unpaired) electrons. The predicted octanol–water partition coefficient (Wildman–Crippen LogP) is 4.64. The Labute approximate surface area is 181 Å². The van der Waals surface area contributed by atoms with Gasteiger partial charge in [0.15, 0.2) is 11.5 Å². The second kappa shape index (κ2) is 9.51. The first-order valence-electron chi connectivity index (χ1n) is 10.2. The van der Waals surface area contributed by atoms with Crippen molar-refractivity contribution < 1.29 is 23.8 Å². The fraction of sp³-hybridized carbons (Fsp3) is 0.478. The van der Waals surface area contributed by atoms with Crippen molar-refractivity contribution in [3.8, 4) is 11.5 Å². The average molecular weight is 432 g/mol. The van der Waals surface area contributed by atoms with Crippen molar-refractivity contribution in [3.63, 3.8) is 0 Å². The second-order valence-corrected chi connectivity index (χ2v) is 9.03. The Hall–Kier alpha value is -2.54. The third kappa shape index (κ3) is 4.95. The highest BCUT2D eigenvalue weighted by Gasteiger charge is 2.29. The summed E-state index contributed by atoms with van der Waals surface area (Å²) in [6, 6.07) is 5.39. The number of thiophene rings is 1. The molecule has 1 aliphatic carbocycles. The fourth-order valence-electron chi connectivity index (χ4n) is 3.67. The van der Waals surface area contributed by atoms with Crippen LogP contribution >= 0.6 is 11.3 Å². The van der Waals surface area contributed by atoms with Crippen LogP contribution in [0.15, 0.2) is 18.2 Å². The first kappa shape index (κ1) is 22.2. The Morgan fingerprint density at radius 3 is 2.60 bits per heavy atom. The number of carbonyl (C=O) groups excluding carboxylic acids is 2. The lowest BCUT2D eigenvalue weighted by Crippen LogP contribution is -2.19. The number of nitrogens with one attached hydrogen (secondary N) is 1. The van der Waals surface area contributed by atoms with E-state index in [-0.39, 0.29) is 24.4 Å². The van der Waals surface area contributed by atoms with Crippen LogP contribution in [-0.2, 0) is 28.8 Å². The molecule has 1 atom stereocenters. The summed E-state index contributed by atoms with van der Waals surface area (Å²) in [6.45, 7) is 5.87. The van der Waals surface area contributed by atoms with Gasteiger partial charge in [0.1, 0.15) is 5.00 Å². The molecule has 1 aromatic carbocycles. The Morgan fingerprint density at radius 1 is 1.20 bits per heavy atom. The Balaban J connectivity index is 1.83. The molecule has 6 nitrogen and oxygen atoms in total. The van der Waals surface area contributed by atoms with Gasteiger partial charge in [-0.15, -0.1) is 11.3 Å². The van der Waals surface area contributed by atoms with Crippen molar-refractivity contribution in [2.75, 3.05) is 19.5 Å². The van der Waals surface area contributed by atoms with E-state index >= 15 is 0 Å². The highest BCUT2D eigenvalue weighted by molar-refractivity contribution is 7.17. The van der Waals surface area contributed by atoms with Crippen LogP contribution in [0.1, 0.15) is 53.6 Å². The van der Waals surface area contributed by atoms with Crippen molar-refractivity contribution in [2.45, 2.75) is 52.6 Å². The van der Waals surface area contributed by atoms with E-state index in [1.165, 1.54) is 16.2 Å². The van der Waals surface area contributed by atoms with Gasteiger partial charge in [0.05, 0.1) is 32.3 Å². The highest BCUT2D eigenvalue weighted by Crippen LogP contribution is 2.40. The summed E-state index contributed by atoms with van der Waals surface area (Å²) in [5.74, 6) is 1.20. The number of rotatable bonds is 7. The highest BCUT2D eigenvalue weighted by atomic mass is 32.1. The van der Waals surface area contributed by atoms with Gasteiger partial charge in [0.2, 0.25) is 5.91 Å². The maximum absolute atomic E-state index is 12.8. The number of esters is 1. The van der Waals surface area contributed by atoms with E-state index in [4.69, 9.17) is 14.2 Å². The molecule has 0 saturated heterocycles. The lowest BCUT2D eigenvalue weighted by molar-refractivity contribution is -0.115. The minimum absolute atomic E-state index is 0.165. The molecule has 1 amide bonds. The summed E-state index contributed by atoms with van der Waals surface area (Å²) >= 11 is 1.50. The van der Waals surface area contributed by atoms with E-state index in [9.17, 15) is 9.59 Å². The van der Waals surface area contributed by atoms with Gasteiger partial charge in [-0.25, -0.2) is 4.79 Å². The van der Waals surface area contributed by atoms with E-state index in [1.54, 1.807) is 26.4 Å². The first-order valence-corrected chi connectivity index (χ1v) is 11.0. The topological polar surface area (TPSA) is 73.9 Å². The lowest BCUT2D eigenvalue weighted by Gasteiger charge is -2.18. The molecule has 0 bridgehead atoms. The van der Waals surface area contributed by atoms with Gasteiger partial charge < -0.3 is 19.5 Å². The molecule has 1 heterocycles. The summed E-state index contributed by atoms with van der Waals surface area (Å²) in [5, 5.41) is 3.55. The molecule has 3 rings (SSSR count). The summed E-state index contributed by atoms with van der Waals surface area (Å²) in [4.78, 5) is 26.7. The van der Waals surface area contributed by atoms with E-state index in [0.29, 0.717) is 28.0 Å². The number of methoxy groups -OCH3 is 2. The standard InChI is InChI=1S/C23H29NO5S/c1-13(2)29-23(26)21-16-8-6-14(3)10-19(16)30-22(21)24-20(25)12-15-7-9-17(27-4)18(11-15)28-5/h7,9,11,13-14H,6,8,10,12H2,1-5H3,(H,24,25)/t14-/m1/s1. The van der Waals surface area contributed by atoms with Crippen LogP contribution in [0.25, 0.3) is 0 Å². The van der Waals surface area contributed by atoms with Crippen LogP contribution in [-0.4, -0.2) is 32.2 Å². The third-order valence-corrected chi connectivity index (χ3v) is 6.29. The van der Waals surface area contributed by atoms with E-state index in [2.05, 4.69) is 12.2 Å². The molecule has 2 aromatic rings. The van der Waals surface area contributed by atoms with Crippen LogP contribution in [0.5, 0.6) is 11.5 Å². The van der Waals surface area contributed by atoms with Crippen molar-refractivity contribution in [1.29, 1.82) is 0 Å². The number of carbonyl (C=O) groups is 2. The van der Waals surface area contributed by atoms with Crippen molar-refractivity contribution >= 4 is 28.2 Å². The molecule has 1 N–H and O–H groups in total. The predicted molar refractivity (Wildman–Crippen MR) is 118 cm³/mol. The number of anilines is 1. The molecule has 30 heavy (non-hydrogen) atoms. The molecule has 0 saturated carbocycles. The number of benzene rings is 1. The van der Waals surface area contributed by atoms with Gasteiger partial charge in [-0.1, -0.05) is 13.0 Å². The maximum atomic E-state index is 12.8. The first-order chi connectivity index (χ1) is 14.3. The summed E-state index contributed by atoms with van der Waals surface area (Å²) in [6.07, 6.45) is 2.74. The van der Waals surface area contributed by atoms with Gasteiger partial charge in [0.25, 0.3) is 0 Å². The third-order valence-electron chi connectivity index (χ3n) is 5.12. The van der Waals surface area contributed by atoms with Crippen LogP contribution in [0.3, 0.4) is 0 Å². The molecule has 1 aromatic heterocycles. The van der Waals surface area contributed by atoms with Crippen LogP contribution in [0.2, 0.25) is 0 Å². The van der Waals surface area contributed by atoms with Crippen LogP contribution in [0.4, 0.5) is 5.00 Å². The number of amides is 1. The quantitative estimate of drug-likeness (QED) is 0.647. The number of hydrogen-bond donors (Lipinski definition) is 1. The summed E-state index contributed by atoms with van der Waals surface area (Å²) in [5.41, 5.74) is 2.35. The Bertz CT molecular complexity index is 934. The molecule has 0 fully saturated rings. The molecular formula is C23H29NO5S. The largest absolute Gasteiger partial charge is 0.493 e. The van der Waals surface area contributed by atoms with E-state index < -0.39 is 0 Å². The van der Waals surface area contributed by atoms with Crippen LogP contribution in [0, 0.1) is 5.92 Å². The summed E-state index contributed by atoms with van der Waals surface area (Å²) < 4.78 is 16.0. The second-order valence-electron chi connectivity index (χ2n) is 7.92. The number of fused-ring (bicyclic) bond motifs is 1. The van der Waals surface area contributed by atoms with Gasteiger partial charge in [-0.2, -0.15) is 0 Å². The molecule has 0 unspecified atom stereocenters. The normalized spacial score (nSPS) is 15.5. The Kier molecular flexibility index (Phi) is 7.02. The fourth-order valence-corrected chi connectivity index (χ4v) is 5.09. The molecule has 0 spiro atoms. The Morgan fingerprint density at radius 2 is 1.93 bits per heavy atom. The van der Waals surface area contributed by atoms with E-state index in [1.807, 2.05) is 19.9 Å². The number of hydrogen-bond acceptors (Lipinski definition) is 6. The molecular weight excluding hydrogens is 402 g/mol. The minimum atomic E-state index is -0.363. The molecule has 162 valence electrons. The van der Waals surface area contributed by atoms with Crippen molar-refractivity contribution in [2.24, 2.45) is 5.92 Å². The zero-order valence-corrected chi connectivity index (χ0v) is 19.0. The zero-order valence-electron chi connectivity index (χ0n) is 18.2.